The smallest absolute Gasteiger partial charge is 0.287 e. The average Bonchev–Trinajstić information content (AvgIpc) is 2.83. The van der Waals surface area contributed by atoms with Crippen LogP contribution < -0.4 is 10.6 Å². The van der Waals surface area contributed by atoms with Gasteiger partial charge in [-0.3, -0.25) is 9.59 Å². The zero-order valence-corrected chi connectivity index (χ0v) is 16.1. The van der Waals surface area contributed by atoms with E-state index in [4.69, 9.17) is 0 Å². The summed E-state index contributed by atoms with van der Waals surface area (Å²) in [7, 11) is 0. The van der Waals surface area contributed by atoms with E-state index in [0.29, 0.717) is 24.0 Å². The maximum absolute atomic E-state index is 12.9. The predicted molar refractivity (Wildman–Crippen MR) is 101 cm³/mol. The predicted octanol–water partition coefficient (Wildman–Crippen LogP) is 3.06. The standard InChI is InChI=1S/C20H32N4O2/c1-14(2)13-21-20(26)18-23-17(16-11-7-8-12-24(16)18)19(25)22-15-9-5-3-4-6-10-15/h14-15H,3-13H2,1-2H3,(H,21,26)(H,22,25). The summed E-state index contributed by atoms with van der Waals surface area (Å²) in [5.41, 5.74) is 1.39. The zero-order valence-electron chi connectivity index (χ0n) is 16.1. The number of carbonyl (C=O) groups is 2. The van der Waals surface area contributed by atoms with Gasteiger partial charge in [0.1, 0.15) is 5.69 Å². The van der Waals surface area contributed by atoms with Gasteiger partial charge in [-0.2, -0.15) is 0 Å². The molecule has 6 heteroatoms. The molecule has 2 amide bonds. The number of hydrogen-bond donors (Lipinski definition) is 2. The van der Waals surface area contributed by atoms with Crippen molar-refractivity contribution in [3.8, 4) is 0 Å². The van der Waals surface area contributed by atoms with Crippen molar-refractivity contribution in [3.05, 3.63) is 17.2 Å². The Balaban J connectivity index is 1.77. The van der Waals surface area contributed by atoms with E-state index in [1.165, 1.54) is 25.7 Å². The molecule has 6 nitrogen and oxygen atoms in total. The molecule has 0 saturated heterocycles. The lowest BCUT2D eigenvalue weighted by molar-refractivity contribution is 0.0927. The lowest BCUT2D eigenvalue weighted by Gasteiger charge is -2.18. The summed E-state index contributed by atoms with van der Waals surface area (Å²) in [6.45, 7) is 5.51. The average molecular weight is 361 g/mol. The number of hydrogen-bond acceptors (Lipinski definition) is 3. The summed E-state index contributed by atoms with van der Waals surface area (Å²) in [5.74, 6) is 0.500. The van der Waals surface area contributed by atoms with Crippen LogP contribution in [0.1, 0.15) is 92.0 Å². The molecule has 2 aliphatic rings. The first-order chi connectivity index (χ1) is 12.6. The van der Waals surface area contributed by atoms with Crippen LogP contribution in [0.25, 0.3) is 0 Å². The van der Waals surface area contributed by atoms with Gasteiger partial charge < -0.3 is 15.2 Å². The van der Waals surface area contributed by atoms with Crippen LogP contribution >= 0.6 is 0 Å². The summed E-state index contributed by atoms with van der Waals surface area (Å²) < 4.78 is 1.96. The lowest BCUT2D eigenvalue weighted by Crippen LogP contribution is -2.35. The van der Waals surface area contributed by atoms with Crippen LogP contribution in [0.4, 0.5) is 0 Å². The van der Waals surface area contributed by atoms with Crippen molar-refractivity contribution in [1.82, 2.24) is 20.2 Å². The molecular formula is C20H32N4O2. The maximum atomic E-state index is 12.9. The molecule has 2 N–H and O–H groups in total. The molecule has 1 aromatic rings. The van der Waals surface area contributed by atoms with Crippen LogP contribution in [0.3, 0.4) is 0 Å². The van der Waals surface area contributed by atoms with Crippen LogP contribution in [0, 0.1) is 5.92 Å². The van der Waals surface area contributed by atoms with Crippen molar-refractivity contribution in [1.29, 1.82) is 0 Å². The lowest BCUT2D eigenvalue weighted by atomic mass is 10.1. The summed E-state index contributed by atoms with van der Waals surface area (Å²) in [6, 6.07) is 0.240. The van der Waals surface area contributed by atoms with Crippen molar-refractivity contribution < 1.29 is 9.59 Å². The second-order valence-electron chi connectivity index (χ2n) is 8.11. The molecule has 1 aliphatic carbocycles. The van der Waals surface area contributed by atoms with Crippen LogP contribution in [-0.4, -0.2) is 34.0 Å². The molecule has 144 valence electrons. The van der Waals surface area contributed by atoms with E-state index in [2.05, 4.69) is 29.5 Å². The number of fused-ring (bicyclic) bond motifs is 1. The Labute approximate surface area is 156 Å². The molecule has 1 aromatic heterocycles. The third kappa shape index (κ3) is 4.46. The van der Waals surface area contributed by atoms with Gasteiger partial charge in [0.15, 0.2) is 5.82 Å². The number of nitrogens with zero attached hydrogens (tertiary/aromatic N) is 2. The second-order valence-corrected chi connectivity index (χ2v) is 8.11. The first-order valence-corrected chi connectivity index (χ1v) is 10.2. The van der Waals surface area contributed by atoms with E-state index in [1.54, 1.807) is 0 Å². The van der Waals surface area contributed by atoms with Gasteiger partial charge in [-0.15, -0.1) is 0 Å². The molecule has 0 unspecified atom stereocenters. The molecule has 2 heterocycles. The van der Waals surface area contributed by atoms with Crippen molar-refractivity contribution >= 4 is 11.8 Å². The van der Waals surface area contributed by atoms with Crippen molar-refractivity contribution in [3.63, 3.8) is 0 Å². The van der Waals surface area contributed by atoms with Gasteiger partial charge >= 0.3 is 0 Å². The van der Waals surface area contributed by atoms with Crippen LogP contribution in [-0.2, 0) is 13.0 Å². The van der Waals surface area contributed by atoms with Gasteiger partial charge in [0, 0.05) is 19.1 Å². The third-order valence-corrected chi connectivity index (χ3v) is 5.40. The first-order valence-electron chi connectivity index (χ1n) is 10.2. The highest BCUT2D eigenvalue weighted by molar-refractivity contribution is 5.97. The second kappa shape index (κ2) is 8.69. The van der Waals surface area contributed by atoms with Gasteiger partial charge in [-0.1, -0.05) is 39.5 Å². The molecule has 1 aliphatic heterocycles. The Hall–Kier alpha value is -1.85. The zero-order chi connectivity index (χ0) is 18.5. The number of amides is 2. The molecule has 26 heavy (non-hydrogen) atoms. The van der Waals surface area contributed by atoms with Crippen molar-refractivity contribution in [2.45, 2.75) is 84.2 Å². The van der Waals surface area contributed by atoms with Gasteiger partial charge in [0.25, 0.3) is 11.8 Å². The quantitative estimate of drug-likeness (QED) is 0.793. The Morgan fingerprint density at radius 3 is 2.50 bits per heavy atom. The van der Waals surface area contributed by atoms with Gasteiger partial charge in [-0.25, -0.2) is 4.98 Å². The monoisotopic (exact) mass is 360 g/mol. The highest BCUT2D eigenvalue weighted by Gasteiger charge is 2.28. The van der Waals surface area contributed by atoms with Gasteiger partial charge in [0.05, 0.1) is 5.69 Å². The number of rotatable bonds is 5. The fourth-order valence-electron chi connectivity index (χ4n) is 3.95. The van der Waals surface area contributed by atoms with Crippen molar-refractivity contribution in [2.75, 3.05) is 6.54 Å². The largest absolute Gasteiger partial charge is 0.349 e. The molecule has 0 aromatic carbocycles. The van der Waals surface area contributed by atoms with Crippen LogP contribution in [0.15, 0.2) is 0 Å². The molecule has 1 saturated carbocycles. The highest BCUT2D eigenvalue weighted by atomic mass is 16.2. The fourth-order valence-corrected chi connectivity index (χ4v) is 3.95. The number of imidazole rings is 1. The number of nitrogens with one attached hydrogen (secondary N) is 2. The Kier molecular flexibility index (Phi) is 6.33. The normalized spacial score (nSPS) is 18.3. The third-order valence-electron chi connectivity index (χ3n) is 5.40. The SMILES string of the molecule is CC(C)CNC(=O)c1nc(C(=O)NC2CCCCCC2)c2n1CCCC2. The number of carbonyl (C=O) groups excluding carboxylic acids is 2. The highest BCUT2D eigenvalue weighted by Crippen LogP contribution is 2.22. The molecule has 0 bridgehead atoms. The van der Waals surface area contributed by atoms with Gasteiger partial charge in [-0.05, 0) is 38.0 Å². The summed E-state index contributed by atoms with van der Waals surface area (Å²) in [5, 5.41) is 6.12. The molecule has 3 rings (SSSR count). The Bertz CT molecular complexity index is 642. The van der Waals surface area contributed by atoms with Crippen LogP contribution in [0.5, 0.6) is 0 Å². The van der Waals surface area contributed by atoms with E-state index in [0.717, 1.165) is 44.3 Å². The molecule has 0 spiro atoms. The Morgan fingerprint density at radius 1 is 1.08 bits per heavy atom. The van der Waals surface area contributed by atoms with E-state index < -0.39 is 0 Å². The maximum Gasteiger partial charge on any atom is 0.287 e. The van der Waals surface area contributed by atoms with Crippen molar-refractivity contribution in [2.24, 2.45) is 5.92 Å². The minimum Gasteiger partial charge on any atom is -0.349 e. The summed E-state index contributed by atoms with van der Waals surface area (Å²) in [6.07, 6.45) is 9.84. The molecule has 0 atom stereocenters. The van der Waals surface area contributed by atoms with Crippen LogP contribution in [0.2, 0.25) is 0 Å². The molecular weight excluding hydrogens is 328 g/mol. The minimum atomic E-state index is -0.171. The van der Waals surface area contributed by atoms with E-state index in [1.807, 2.05) is 4.57 Å². The molecule has 1 fully saturated rings. The topological polar surface area (TPSA) is 76.0 Å². The summed E-state index contributed by atoms with van der Waals surface area (Å²) >= 11 is 0. The minimum absolute atomic E-state index is 0.106. The summed E-state index contributed by atoms with van der Waals surface area (Å²) in [4.78, 5) is 29.9. The van der Waals surface area contributed by atoms with E-state index >= 15 is 0 Å². The van der Waals surface area contributed by atoms with Gasteiger partial charge in [0.2, 0.25) is 0 Å². The number of aromatic nitrogens is 2. The van der Waals surface area contributed by atoms with E-state index in [-0.39, 0.29) is 17.9 Å². The first kappa shape index (κ1) is 18.9. The molecule has 0 radical (unpaired) electrons. The van der Waals surface area contributed by atoms with E-state index in [9.17, 15) is 9.59 Å². The Morgan fingerprint density at radius 2 is 1.81 bits per heavy atom. The fraction of sp³-hybridized carbons (Fsp3) is 0.750.